The summed E-state index contributed by atoms with van der Waals surface area (Å²) in [5, 5.41) is 0. The van der Waals surface area contributed by atoms with Gasteiger partial charge in [-0.3, -0.25) is 4.79 Å². The fourth-order valence-electron chi connectivity index (χ4n) is 1.92. The van der Waals surface area contributed by atoms with E-state index in [-0.39, 0.29) is 23.6 Å². The summed E-state index contributed by atoms with van der Waals surface area (Å²) in [7, 11) is 1.77. The van der Waals surface area contributed by atoms with E-state index in [9.17, 15) is 9.18 Å². The van der Waals surface area contributed by atoms with Crippen molar-refractivity contribution in [1.82, 2.24) is 4.90 Å². The zero-order valence-electron chi connectivity index (χ0n) is 12.2. The summed E-state index contributed by atoms with van der Waals surface area (Å²) in [6.45, 7) is 6.89. The molecule has 106 valence electrons. The second-order valence-electron chi connectivity index (χ2n) is 5.88. The summed E-state index contributed by atoms with van der Waals surface area (Å²) in [4.78, 5) is 13.8. The van der Waals surface area contributed by atoms with E-state index in [0.717, 1.165) is 5.56 Å². The fraction of sp³-hybridized carbons (Fsp3) is 0.533. The number of halogens is 1. The third-order valence-electron chi connectivity index (χ3n) is 3.22. The molecule has 1 rings (SSSR count). The lowest BCUT2D eigenvalue weighted by atomic mass is 9.93. The number of hydrogen-bond acceptors (Lipinski definition) is 2. The molecule has 1 amide bonds. The predicted octanol–water partition coefficient (Wildman–Crippen LogP) is 2.12. The highest BCUT2D eigenvalue weighted by Crippen LogP contribution is 2.15. The van der Waals surface area contributed by atoms with Crippen LogP contribution in [0.2, 0.25) is 0 Å². The molecule has 0 heterocycles. The number of carbonyl (C=O) groups excluding carboxylic acids is 1. The van der Waals surface area contributed by atoms with Crippen LogP contribution in [0.1, 0.15) is 25.0 Å². The van der Waals surface area contributed by atoms with Crippen molar-refractivity contribution in [2.24, 2.45) is 11.1 Å². The molecule has 0 aromatic heterocycles. The standard InChI is InChI=1S/C15H23FN2O/c1-11-7-12(5-6-13(11)16)8-14(19)18(4)10-15(2,3)9-17/h5-7H,8-10,17H2,1-4H3. The van der Waals surface area contributed by atoms with E-state index in [1.54, 1.807) is 31.0 Å². The van der Waals surface area contributed by atoms with Crippen molar-refractivity contribution in [3.05, 3.63) is 35.1 Å². The van der Waals surface area contributed by atoms with Crippen LogP contribution >= 0.6 is 0 Å². The highest BCUT2D eigenvalue weighted by atomic mass is 19.1. The van der Waals surface area contributed by atoms with E-state index in [2.05, 4.69) is 0 Å². The summed E-state index contributed by atoms with van der Waals surface area (Å²) in [5.41, 5.74) is 6.97. The minimum absolute atomic E-state index is 0.0209. The quantitative estimate of drug-likeness (QED) is 0.887. The number of benzene rings is 1. The fourth-order valence-corrected chi connectivity index (χ4v) is 1.92. The summed E-state index contributed by atoms with van der Waals surface area (Å²) in [6, 6.07) is 4.78. The number of nitrogens with zero attached hydrogens (tertiary/aromatic N) is 1. The number of rotatable bonds is 5. The lowest BCUT2D eigenvalue weighted by Crippen LogP contribution is -2.40. The third kappa shape index (κ3) is 4.63. The van der Waals surface area contributed by atoms with Crippen molar-refractivity contribution in [3.8, 4) is 0 Å². The molecule has 4 heteroatoms. The third-order valence-corrected chi connectivity index (χ3v) is 3.22. The van der Waals surface area contributed by atoms with E-state index in [0.29, 0.717) is 18.7 Å². The molecule has 0 radical (unpaired) electrons. The summed E-state index contributed by atoms with van der Waals surface area (Å²) in [6.07, 6.45) is 0.290. The van der Waals surface area contributed by atoms with Crippen molar-refractivity contribution in [1.29, 1.82) is 0 Å². The van der Waals surface area contributed by atoms with Gasteiger partial charge < -0.3 is 10.6 Å². The zero-order chi connectivity index (χ0) is 14.6. The van der Waals surface area contributed by atoms with Gasteiger partial charge in [-0.1, -0.05) is 26.0 Å². The summed E-state index contributed by atoms with van der Waals surface area (Å²) in [5.74, 6) is -0.221. The molecule has 0 aliphatic heterocycles. The molecular formula is C15H23FN2O. The molecular weight excluding hydrogens is 243 g/mol. The summed E-state index contributed by atoms with van der Waals surface area (Å²) >= 11 is 0. The van der Waals surface area contributed by atoms with Gasteiger partial charge in [0.25, 0.3) is 0 Å². The van der Waals surface area contributed by atoms with Crippen molar-refractivity contribution >= 4 is 5.91 Å². The maximum absolute atomic E-state index is 13.2. The Morgan fingerprint density at radius 1 is 1.42 bits per heavy atom. The van der Waals surface area contributed by atoms with Gasteiger partial charge in [0.05, 0.1) is 6.42 Å². The van der Waals surface area contributed by atoms with Gasteiger partial charge in [0.2, 0.25) is 5.91 Å². The highest BCUT2D eigenvalue weighted by Gasteiger charge is 2.21. The first-order valence-corrected chi connectivity index (χ1v) is 6.44. The predicted molar refractivity (Wildman–Crippen MR) is 75.3 cm³/mol. The van der Waals surface area contributed by atoms with E-state index in [1.165, 1.54) is 6.07 Å². The number of likely N-dealkylation sites (N-methyl/N-ethyl adjacent to an activating group) is 1. The Balaban J connectivity index is 2.66. The molecule has 0 unspecified atom stereocenters. The molecule has 1 aromatic carbocycles. The second kappa shape index (κ2) is 6.15. The van der Waals surface area contributed by atoms with Crippen LogP contribution < -0.4 is 5.73 Å². The first-order valence-electron chi connectivity index (χ1n) is 6.44. The van der Waals surface area contributed by atoms with Gasteiger partial charge in [-0.2, -0.15) is 0 Å². The Hall–Kier alpha value is -1.42. The van der Waals surface area contributed by atoms with Gasteiger partial charge in [-0.15, -0.1) is 0 Å². The van der Waals surface area contributed by atoms with Crippen LogP contribution in [0.5, 0.6) is 0 Å². The largest absolute Gasteiger partial charge is 0.345 e. The molecule has 1 aromatic rings. The summed E-state index contributed by atoms with van der Waals surface area (Å²) < 4.78 is 13.2. The molecule has 3 nitrogen and oxygen atoms in total. The second-order valence-corrected chi connectivity index (χ2v) is 5.88. The zero-order valence-corrected chi connectivity index (χ0v) is 12.2. The van der Waals surface area contributed by atoms with Crippen LogP contribution in [0.25, 0.3) is 0 Å². The van der Waals surface area contributed by atoms with Crippen LogP contribution in [-0.4, -0.2) is 30.9 Å². The van der Waals surface area contributed by atoms with Crippen LogP contribution in [0.15, 0.2) is 18.2 Å². The average Bonchev–Trinajstić information content (AvgIpc) is 2.33. The number of hydrogen-bond donors (Lipinski definition) is 1. The van der Waals surface area contributed by atoms with Crippen molar-refractivity contribution < 1.29 is 9.18 Å². The Morgan fingerprint density at radius 3 is 2.58 bits per heavy atom. The van der Waals surface area contributed by atoms with E-state index < -0.39 is 0 Å². The maximum atomic E-state index is 13.2. The van der Waals surface area contributed by atoms with Gasteiger partial charge in [0.15, 0.2) is 0 Å². The van der Waals surface area contributed by atoms with E-state index in [4.69, 9.17) is 5.73 Å². The highest BCUT2D eigenvalue weighted by molar-refractivity contribution is 5.78. The van der Waals surface area contributed by atoms with Crippen LogP contribution in [-0.2, 0) is 11.2 Å². The lowest BCUT2D eigenvalue weighted by molar-refractivity contribution is -0.130. The van der Waals surface area contributed by atoms with Crippen LogP contribution in [0, 0.1) is 18.2 Å². The molecule has 0 spiro atoms. The van der Waals surface area contributed by atoms with Crippen molar-refractivity contribution in [2.75, 3.05) is 20.1 Å². The van der Waals surface area contributed by atoms with Crippen LogP contribution in [0.3, 0.4) is 0 Å². The molecule has 0 bridgehead atoms. The van der Waals surface area contributed by atoms with Gasteiger partial charge in [-0.25, -0.2) is 4.39 Å². The van der Waals surface area contributed by atoms with Gasteiger partial charge >= 0.3 is 0 Å². The van der Waals surface area contributed by atoms with Gasteiger partial charge in [0, 0.05) is 13.6 Å². The molecule has 0 aliphatic carbocycles. The SMILES string of the molecule is Cc1cc(CC(=O)N(C)CC(C)(C)CN)ccc1F. The smallest absolute Gasteiger partial charge is 0.226 e. The normalized spacial score (nSPS) is 11.5. The topological polar surface area (TPSA) is 46.3 Å². The first kappa shape index (κ1) is 15.6. The van der Waals surface area contributed by atoms with Crippen molar-refractivity contribution in [3.63, 3.8) is 0 Å². The Labute approximate surface area is 114 Å². The molecule has 19 heavy (non-hydrogen) atoms. The minimum Gasteiger partial charge on any atom is -0.345 e. The van der Waals surface area contributed by atoms with E-state index in [1.807, 2.05) is 13.8 Å². The first-order chi connectivity index (χ1) is 8.75. The monoisotopic (exact) mass is 266 g/mol. The lowest BCUT2D eigenvalue weighted by Gasteiger charge is -2.29. The molecule has 0 saturated heterocycles. The Kier molecular flexibility index (Phi) is 5.06. The minimum atomic E-state index is -0.242. The number of aryl methyl sites for hydroxylation is 1. The van der Waals surface area contributed by atoms with E-state index >= 15 is 0 Å². The molecule has 0 aliphatic rings. The number of amides is 1. The number of nitrogens with two attached hydrogens (primary N) is 1. The Bertz CT molecular complexity index is 457. The Morgan fingerprint density at radius 2 is 2.05 bits per heavy atom. The average molecular weight is 266 g/mol. The number of carbonyl (C=O) groups is 1. The van der Waals surface area contributed by atoms with Gasteiger partial charge in [0.1, 0.15) is 5.82 Å². The molecule has 0 atom stereocenters. The molecule has 2 N–H and O–H groups in total. The van der Waals surface area contributed by atoms with Gasteiger partial charge in [-0.05, 0) is 36.1 Å². The van der Waals surface area contributed by atoms with Crippen LogP contribution in [0.4, 0.5) is 4.39 Å². The van der Waals surface area contributed by atoms with Crippen molar-refractivity contribution in [2.45, 2.75) is 27.2 Å². The maximum Gasteiger partial charge on any atom is 0.226 e. The molecule has 0 saturated carbocycles. The molecule has 0 fully saturated rings.